The van der Waals surface area contributed by atoms with E-state index in [-0.39, 0.29) is 18.4 Å². The monoisotopic (exact) mass is 391 g/mol. The lowest BCUT2D eigenvalue weighted by Crippen LogP contribution is -2.32. The molecule has 3 aromatic rings. The van der Waals surface area contributed by atoms with Gasteiger partial charge in [-0.3, -0.25) is 14.5 Å². The van der Waals surface area contributed by atoms with Gasteiger partial charge in [-0.1, -0.05) is 55.5 Å². The number of rotatable bonds is 6. The summed E-state index contributed by atoms with van der Waals surface area (Å²) in [7, 11) is 0. The summed E-state index contributed by atoms with van der Waals surface area (Å²) in [4.78, 5) is 30.9. The molecule has 1 aliphatic rings. The van der Waals surface area contributed by atoms with E-state index < -0.39 is 0 Å². The molecule has 2 heterocycles. The van der Waals surface area contributed by atoms with E-state index in [0.717, 1.165) is 35.0 Å². The third kappa shape index (κ3) is 3.43. The maximum atomic E-state index is 12.5. The molecule has 0 atom stereocenters. The lowest BCUT2D eigenvalue weighted by atomic mass is 10.1. The van der Waals surface area contributed by atoms with Crippen LogP contribution in [0.2, 0.25) is 0 Å². The molecular weight excluding hydrogens is 370 g/mol. The fourth-order valence-electron chi connectivity index (χ4n) is 3.36. The van der Waals surface area contributed by atoms with Gasteiger partial charge in [0.1, 0.15) is 6.54 Å². The molecule has 28 heavy (non-hydrogen) atoms. The average molecular weight is 391 g/mol. The molecule has 5 nitrogen and oxygen atoms in total. The Kier molecular flexibility index (Phi) is 4.96. The largest absolute Gasteiger partial charge is 0.300 e. The van der Waals surface area contributed by atoms with Gasteiger partial charge in [0.05, 0.1) is 10.2 Å². The molecule has 1 aliphatic heterocycles. The maximum absolute atomic E-state index is 12.5. The predicted octanol–water partition coefficient (Wildman–Crippen LogP) is 4.70. The summed E-state index contributed by atoms with van der Waals surface area (Å²) in [6, 6.07) is 13.5. The third-order valence-electron chi connectivity index (χ3n) is 4.86. The van der Waals surface area contributed by atoms with E-state index in [1.807, 2.05) is 24.3 Å². The molecule has 2 amide bonds. The predicted molar refractivity (Wildman–Crippen MR) is 113 cm³/mol. The second kappa shape index (κ2) is 7.56. The number of hydrogen-bond acceptors (Lipinski definition) is 4. The van der Waals surface area contributed by atoms with Gasteiger partial charge < -0.3 is 5.32 Å². The molecule has 0 saturated carbocycles. The van der Waals surface area contributed by atoms with Crippen LogP contribution in [0.3, 0.4) is 0 Å². The van der Waals surface area contributed by atoms with Crippen LogP contribution < -0.4 is 5.32 Å². The number of unbranched alkanes of at least 4 members (excludes halogenated alkanes) is 1. The van der Waals surface area contributed by atoms with Crippen LogP contribution in [0.4, 0.5) is 5.13 Å². The number of amides is 2. The molecule has 2 aromatic carbocycles. The first-order valence-corrected chi connectivity index (χ1v) is 10.2. The molecule has 0 bridgehead atoms. The number of carbonyl (C=O) groups excluding carboxylic acids is 2. The smallest absolute Gasteiger partial charge is 0.259 e. The second-order valence-corrected chi connectivity index (χ2v) is 7.89. The Balaban J connectivity index is 1.45. The van der Waals surface area contributed by atoms with Gasteiger partial charge in [0, 0.05) is 16.8 Å². The zero-order chi connectivity index (χ0) is 19.7. The van der Waals surface area contributed by atoms with Crippen LogP contribution in [0.15, 0.2) is 49.0 Å². The van der Waals surface area contributed by atoms with Gasteiger partial charge in [0.25, 0.3) is 5.91 Å². The fourth-order valence-corrected chi connectivity index (χ4v) is 4.31. The highest BCUT2D eigenvalue weighted by Gasteiger charge is 2.31. The van der Waals surface area contributed by atoms with E-state index in [9.17, 15) is 9.59 Å². The number of anilines is 1. The molecule has 1 aromatic heterocycles. The first-order chi connectivity index (χ1) is 13.6. The molecule has 4 rings (SSSR count). The van der Waals surface area contributed by atoms with Crippen molar-refractivity contribution < 1.29 is 9.59 Å². The van der Waals surface area contributed by atoms with Gasteiger partial charge in [-0.2, -0.15) is 0 Å². The van der Waals surface area contributed by atoms with Gasteiger partial charge in [-0.05, 0) is 36.6 Å². The highest BCUT2D eigenvalue weighted by atomic mass is 32.1. The quantitative estimate of drug-likeness (QED) is 0.662. The Labute approximate surface area is 167 Å². The van der Waals surface area contributed by atoms with Crippen molar-refractivity contribution in [3.63, 3.8) is 0 Å². The Morgan fingerprint density at radius 3 is 2.75 bits per heavy atom. The normalized spacial score (nSPS) is 13.2. The van der Waals surface area contributed by atoms with Gasteiger partial charge in [0.2, 0.25) is 5.91 Å². The van der Waals surface area contributed by atoms with Crippen LogP contribution in [0.1, 0.15) is 41.3 Å². The van der Waals surface area contributed by atoms with E-state index in [1.54, 1.807) is 6.07 Å². The number of hydrogen-bond donors (Lipinski definition) is 1. The molecule has 1 N–H and O–H groups in total. The van der Waals surface area contributed by atoms with E-state index in [4.69, 9.17) is 0 Å². The summed E-state index contributed by atoms with van der Waals surface area (Å²) < 4.78 is 1.05. The van der Waals surface area contributed by atoms with Crippen molar-refractivity contribution >= 4 is 44.2 Å². The highest BCUT2D eigenvalue weighted by molar-refractivity contribution is 7.22. The van der Waals surface area contributed by atoms with Crippen molar-refractivity contribution in [2.24, 2.45) is 0 Å². The van der Waals surface area contributed by atoms with Gasteiger partial charge in [-0.25, -0.2) is 4.98 Å². The molecule has 6 heteroatoms. The molecule has 0 unspecified atom stereocenters. The Morgan fingerprint density at radius 1 is 1.21 bits per heavy atom. The summed E-state index contributed by atoms with van der Waals surface area (Å²) in [5, 5.41) is 3.37. The Hall–Kier alpha value is -2.99. The molecule has 0 fully saturated rings. The number of carbonyl (C=O) groups is 2. The van der Waals surface area contributed by atoms with Crippen LogP contribution in [-0.2, 0) is 11.2 Å². The number of benzene rings is 2. The number of aromatic nitrogens is 1. The fraction of sp³-hybridized carbons (Fsp3) is 0.227. The number of fused-ring (bicyclic) bond motifs is 2. The number of nitrogens with one attached hydrogen (secondary N) is 1. The van der Waals surface area contributed by atoms with E-state index in [2.05, 4.69) is 35.9 Å². The molecule has 0 aliphatic carbocycles. The van der Waals surface area contributed by atoms with Crippen molar-refractivity contribution in [1.29, 1.82) is 0 Å². The van der Waals surface area contributed by atoms with Crippen molar-refractivity contribution in [1.82, 2.24) is 9.88 Å². The molecule has 0 radical (unpaired) electrons. The topological polar surface area (TPSA) is 62.3 Å². The number of aryl methyl sites for hydroxylation is 1. The van der Waals surface area contributed by atoms with Crippen molar-refractivity contribution in [3.8, 4) is 0 Å². The minimum atomic E-state index is -0.285. The molecule has 0 spiro atoms. The number of thiazole rings is 1. The second-order valence-electron chi connectivity index (χ2n) is 6.86. The molecule has 0 saturated heterocycles. The molecule has 142 valence electrons. The first-order valence-electron chi connectivity index (χ1n) is 9.36. The van der Waals surface area contributed by atoms with Gasteiger partial charge >= 0.3 is 0 Å². The van der Waals surface area contributed by atoms with E-state index in [0.29, 0.717) is 16.4 Å². The van der Waals surface area contributed by atoms with Crippen LogP contribution in [0.5, 0.6) is 0 Å². The van der Waals surface area contributed by atoms with Crippen LogP contribution in [0.25, 0.3) is 15.9 Å². The van der Waals surface area contributed by atoms with Crippen molar-refractivity contribution in [2.45, 2.75) is 26.2 Å². The first kappa shape index (κ1) is 18.4. The maximum Gasteiger partial charge on any atom is 0.259 e. The summed E-state index contributed by atoms with van der Waals surface area (Å²) >= 11 is 1.45. The molecular formula is C22H21N3O2S. The Morgan fingerprint density at radius 2 is 2.00 bits per heavy atom. The van der Waals surface area contributed by atoms with Crippen molar-refractivity contribution in [3.05, 3.63) is 65.7 Å². The summed E-state index contributed by atoms with van der Waals surface area (Å²) in [5.74, 6) is -0.479. The minimum absolute atomic E-state index is 0.0793. The average Bonchev–Trinajstić information content (AvgIpc) is 3.20. The van der Waals surface area contributed by atoms with Crippen LogP contribution in [0, 0.1) is 0 Å². The minimum Gasteiger partial charge on any atom is -0.300 e. The standard InChI is InChI=1S/C22H21N3O2S/c1-3-4-7-15-10-11-18-19(12-15)28-22(23-18)24-20(26)13-25-14(2)16-8-5-6-9-17(16)21(25)27/h5-6,8-12H,2-4,7,13H2,1H3,(H,23,24,26). The van der Waals surface area contributed by atoms with Crippen LogP contribution in [-0.4, -0.2) is 28.2 Å². The van der Waals surface area contributed by atoms with Gasteiger partial charge in [-0.15, -0.1) is 0 Å². The summed E-state index contributed by atoms with van der Waals surface area (Å²) in [5.41, 5.74) is 4.07. The zero-order valence-electron chi connectivity index (χ0n) is 15.7. The van der Waals surface area contributed by atoms with Gasteiger partial charge in [0.15, 0.2) is 5.13 Å². The Bertz CT molecular complexity index is 1050. The zero-order valence-corrected chi connectivity index (χ0v) is 16.5. The van der Waals surface area contributed by atoms with Crippen molar-refractivity contribution in [2.75, 3.05) is 11.9 Å². The SMILES string of the molecule is C=C1c2ccccc2C(=O)N1CC(=O)Nc1nc2ccc(CCCC)cc2s1. The summed E-state index contributed by atoms with van der Waals surface area (Å²) in [6.45, 7) is 6.07. The lowest BCUT2D eigenvalue weighted by molar-refractivity contribution is -0.116. The van der Waals surface area contributed by atoms with Crippen LogP contribution >= 0.6 is 11.3 Å². The van der Waals surface area contributed by atoms with E-state index >= 15 is 0 Å². The summed E-state index contributed by atoms with van der Waals surface area (Å²) in [6.07, 6.45) is 3.36. The highest BCUT2D eigenvalue weighted by Crippen LogP contribution is 2.31. The third-order valence-corrected chi connectivity index (χ3v) is 5.79. The number of nitrogens with zero attached hydrogens (tertiary/aromatic N) is 2. The van der Waals surface area contributed by atoms with E-state index in [1.165, 1.54) is 21.8 Å². The lowest BCUT2D eigenvalue weighted by Gasteiger charge is -2.16.